The number of anilines is 1. The van der Waals surface area contributed by atoms with E-state index in [-0.39, 0.29) is 0 Å². The predicted molar refractivity (Wildman–Crippen MR) is 61.6 cm³/mol. The molecule has 14 heavy (non-hydrogen) atoms. The lowest BCUT2D eigenvalue weighted by atomic mass is 10.1. The summed E-state index contributed by atoms with van der Waals surface area (Å²) < 4.78 is 0. The normalized spacial score (nSPS) is 17.9. The molecule has 1 nitrogen and oxygen atoms in total. The van der Waals surface area contributed by atoms with Gasteiger partial charge in [0.2, 0.25) is 0 Å². The fourth-order valence-corrected chi connectivity index (χ4v) is 1.91. The Morgan fingerprint density at radius 2 is 2.07 bits per heavy atom. The standard InChI is InChI=1S/C13H19N/c1-10-5-3-4-6-13(10)14-11(2)9-12-7-8-12/h3-6,11-12,14H,7-9H2,1-2H3. The molecule has 1 saturated carbocycles. The van der Waals surface area contributed by atoms with Gasteiger partial charge >= 0.3 is 0 Å². The van der Waals surface area contributed by atoms with Crippen molar-refractivity contribution in [2.24, 2.45) is 5.92 Å². The van der Waals surface area contributed by atoms with E-state index in [0.717, 1.165) is 5.92 Å². The van der Waals surface area contributed by atoms with Gasteiger partial charge in [0.15, 0.2) is 0 Å². The van der Waals surface area contributed by atoms with Gasteiger partial charge in [-0.2, -0.15) is 0 Å². The van der Waals surface area contributed by atoms with E-state index in [9.17, 15) is 0 Å². The molecule has 0 bridgehead atoms. The Morgan fingerprint density at radius 1 is 1.36 bits per heavy atom. The summed E-state index contributed by atoms with van der Waals surface area (Å²) in [6, 6.07) is 9.12. The van der Waals surface area contributed by atoms with Gasteiger partial charge in [0.1, 0.15) is 0 Å². The minimum atomic E-state index is 0.614. The van der Waals surface area contributed by atoms with Crippen LogP contribution in [-0.4, -0.2) is 6.04 Å². The van der Waals surface area contributed by atoms with E-state index in [1.165, 1.54) is 30.5 Å². The summed E-state index contributed by atoms with van der Waals surface area (Å²) in [7, 11) is 0. The third-order valence-electron chi connectivity index (χ3n) is 2.93. The van der Waals surface area contributed by atoms with Gasteiger partial charge in [0.25, 0.3) is 0 Å². The summed E-state index contributed by atoms with van der Waals surface area (Å²) in [5, 5.41) is 3.58. The summed E-state index contributed by atoms with van der Waals surface area (Å²) in [5.41, 5.74) is 2.63. The van der Waals surface area contributed by atoms with Crippen molar-refractivity contribution in [3.63, 3.8) is 0 Å². The quantitative estimate of drug-likeness (QED) is 0.763. The first-order valence-corrected chi connectivity index (χ1v) is 5.58. The Hall–Kier alpha value is -0.980. The number of para-hydroxylation sites is 1. The molecule has 2 rings (SSSR count). The molecule has 1 fully saturated rings. The zero-order valence-corrected chi connectivity index (χ0v) is 9.09. The van der Waals surface area contributed by atoms with Gasteiger partial charge in [-0.1, -0.05) is 31.0 Å². The van der Waals surface area contributed by atoms with Crippen molar-refractivity contribution in [1.29, 1.82) is 0 Å². The zero-order chi connectivity index (χ0) is 9.97. The van der Waals surface area contributed by atoms with Crippen LogP contribution in [0.3, 0.4) is 0 Å². The van der Waals surface area contributed by atoms with E-state index < -0.39 is 0 Å². The molecule has 0 aromatic heterocycles. The summed E-state index contributed by atoms with van der Waals surface area (Å²) >= 11 is 0. The Balaban J connectivity index is 1.91. The van der Waals surface area contributed by atoms with E-state index >= 15 is 0 Å². The largest absolute Gasteiger partial charge is 0.382 e. The number of aryl methyl sites for hydroxylation is 1. The van der Waals surface area contributed by atoms with Crippen molar-refractivity contribution in [3.05, 3.63) is 29.8 Å². The summed E-state index contributed by atoms with van der Waals surface area (Å²) in [4.78, 5) is 0. The highest BCUT2D eigenvalue weighted by molar-refractivity contribution is 5.50. The lowest BCUT2D eigenvalue weighted by Gasteiger charge is -2.16. The van der Waals surface area contributed by atoms with Crippen LogP contribution in [-0.2, 0) is 0 Å². The first-order valence-electron chi connectivity index (χ1n) is 5.58. The van der Waals surface area contributed by atoms with E-state index in [1.807, 2.05) is 0 Å². The lowest BCUT2D eigenvalue weighted by Crippen LogP contribution is -2.16. The van der Waals surface area contributed by atoms with Gasteiger partial charge in [-0.15, -0.1) is 0 Å². The highest BCUT2D eigenvalue weighted by atomic mass is 14.9. The SMILES string of the molecule is Cc1ccccc1NC(C)CC1CC1. The molecule has 76 valence electrons. The molecule has 1 heteroatoms. The summed E-state index contributed by atoms with van der Waals surface area (Å²) in [6.45, 7) is 4.44. The van der Waals surface area contributed by atoms with Crippen LogP contribution in [0.4, 0.5) is 5.69 Å². The van der Waals surface area contributed by atoms with E-state index in [0.29, 0.717) is 6.04 Å². The molecule has 1 aliphatic rings. The Kier molecular flexibility index (Phi) is 2.76. The highest BCUT2D eigenvalue weighted by Crippen LogP contribution is 2.34. The average molecular weight is 189 g/mol. The van der Waals surface area contributed by atoms with Gasteiger partial charge in [0, 0.05) is 11.7 Å². The maximum atomic E-state index is 3.58. The van der Waals surface area contributed by atoms with Crippen molar-refractivity contribution >= 4 is 5.69 Å². The Morgan fingerprint density at radius 3 is 2.71 bits per heavy atom. The molecule has 0 amide bonds. The number of nitrogens with one attached hydrogen (secondary N) is 1. The molecule has 1 unspecified atom stereocenters. The van der Waals surface area contributed by atoms with E-state index in [4.69, 9.17) is 0 Å². The fourth-order valence-electron chi connectivity index (χ4n) is 1.91. The van der Waals surface area contributed by atoms with E-state index in [1.54, 1.807) is 0 Å². The minimum absolute atomic E-state index is 0.614. The maximum absolute atomic E-state index is 3.58. The van der Waals surface area contributed by atoms with Gasteiger partial charge in [-0.25, -0.2) is 0 Å². The Bertz CT molecular complexity index is 302. The third kappa shape index (κ3) is 2.50. The molecule has 0 saturated heterocycles. The van der Waals surface area contributed by atoms with Crippen LogP contribution < -0.4 is 5.32 Å². The maximum Gasteiger partial charge on any atom is 0.0371 e. The van der Waals surface area contributed by atoms with Crippen molar-refractivity contribution in [2.45, 2.75) is 39.2 Å². The first kappa shape index (κ1) is 9.57. The second kappa shape index (κ2) is 4.04. The van der Waals surface area contributed by atoms with Crippen LogP contribution in [0, 0.1) is 12.8 Å². The monoisotopic (exact) mass is 189 g/mol. The third-order valence-corrected chi connectivity index (χ3v) is 2.93. The second-order valence-corrected chi connectivity index (χ2v) is 4.54. The van der Waals surface area contributed by atoms with Gasteiger partial charge in [0.05, 0.1) is 0 Å². The van der Waals surface area contributed by atoms with Gasteiger partial charge in [-0.3, -0.25) is 0 Å². The molecule has 0 heterocycles. The van der Waals surface area contributed by atoms with Gasteiger partial charge in [-0.05, 0) is 37.8 Å². The molecule has 0 aliphatic heterocycles. The average Bonchev–Trinajstić information content (AvgIpc) is 2.93. The van der Waals surface area contributed by atoms with Crippen LogP contribution in [0.15, 0.2) is 24.3 Å². The number of rotatable bonds is 4. The molecule has 0 radical (unpaired) electrons. The molecule has 1 aliphatic carbocycles. The summed E-state index contributed by atoms with van der Waals surface area (Å²) in [5.74, 6) is 1.00. The van der Waals surface area contributed by atoms with Crippen molar-refractivity contribution < 1.29 is 0 Å². The topological polar surface area (TPSA) is 12.0 Å². The molecule has 1 aromatic rings. The molecular weight excluding hydrogens is 170 g/mol. The fraction of sp³-hybridized carbons (Fsp3) is 0.538. The van der Waals surface area contributed by atoms with Crippen molar-refractivity contribution in [1.82, 2.24) is 0 Å². The molecule has 1 atom stereocenters. The van der Waals surface area contributed by atoms with Gasteiger partial charge < -0.3 is 5.32 Å². The van der Waals surface area contributed by atoms with Crippen molar-refractivity contribution in [3.8, 4) is 0 Å². The second-order valence-electron chi connectivity index (χ2n) is 4.54. The highest BCUT2D eigenvalue weighted by Gasteiger charge is 2.23. The predicted octanol–water partition coefficient (Wildman–Crippen LogP) is 3.60. The first-order chi connectivity index (χ1) is 6.75. The number of hydrogen-bond donors (Lipinski definition) is 1. The Labute approximate surface area is 86.5 Å². The minimum Gasteiger partial charge on any atom is -0.382 e. The number of hydrogen-bond acceptors (Lipinski definition) is 1. The molecule has 0 spiro atoms. The zero-order valence-electron chi connectivity index (χ0n) is 9.09. The molecular formula is C13H19N. The molecule has 1 aromatic carbocycles. The number of benzene rings is 1. The van der Waals surface area contributed by atoms with Crippen molar-refractivity contribution in [2.75, 3.05) is 5.32 Å². The summed E-state index contributed by atoms with van der Waals surface area (Å²) in [6.07, 6.45) is 4.22. The van der Waals surface area contributed by atoms with Crippen LogP contribution in [0.2, 0.25) is 0 Å². The van der Waals surface area contributed by atoms with Crippen LogP contribution >= 0.6 is 0 Å². The van der Waals surface area contributed by atoms with E-state index in [2.05, 4.69) is 43.4 Å². The lowest BCUT2D eigenvalue weighted by molar-refractivity contribution is 0.642. The van der Waals surface area contributed by atoms with Crippen LogP contribution in [0.5, 0.6) is 0 Å². The smallest absolute Gasteiger partial charge is 0.0371 e. The molecule has 1 N–H and O–H groups in total. The van der Waals surface area contributed by atoms with Crippen LogP contribution in [0.1, 0.15) is 31.7 Å². The van der Waals surface area contributed by atoms with Crippen LogP contribution in [0.25, 0.3) is 0 Å².